The van der Waals surface area contributed by atoms with Gasteiger partial charge in [0, 0.05) is 30.0 Å². The molecule has 5 heteroatoms. The van der Waals surface area contributed by atoms with Gasteiger partial charge in [0.1, 0.15) is 24.0 Å². The van der Waals surface area contributed by atoms with Gasteiger partial charge in [-0.2, -0.15) is 0 Å². The van der Waals surface area contributed by atoms with E-state index in [9.17, 15) is 4.79 Å². The van der Waals surface area contributed by atoms with Crippen molar-refractivity contribution in [2.24, 2.45) is 5.92 Å². The Hall–Kier alpha value is -1.85. The zero-order valence-corrected chi connectivity index (χ0v) is 14.8. The number of morpholine rings is 1. The number of hydrogen-bond acceptors (Lipinski definition) is 5. The van der Waals surface area contributed by atoms with Crippen molar-refractivity contribution in [2.45, 2.75) is 26.9 Å². The molecular weight excluding hydrogens is 306 g/mol. The number of ketones is 1. The van der Waals surface area contributed by atoms with Crippen molar-refractivity contribution >= 4 is 16.8 Å². The molecule has 5 nitrogen and oxygen atoms in total. The number of Topliss-reactive ketones (excluding diaryl/α,β-unsaturated/α-hetero) is 1. The summed E-state index contributed by atoms with van der Waals surface area (Å²) in [6.45, 7) is 8.78. The molecule has 1 fully saturated rings. The Morgan fingerprint density at radius 1 is 1.42 bits per heavy atom. The Kier molecular flexibility index (Phi) is 4.92. The maximum Gasteiger partial charge on any atom is 0.200 e. The molecule has 2 heterocycles. The van der Waals surface area contributed by atoms with Gasteiger partial charge in [0.05, 0.1) is 6.61 Å². The van der Waals surface area contributed by atoms with Crippen LogP contribution in [0.5, 0.6) is 5.75 Å². The van der Waals surface area contributed by atoms with E-state index >= 15 is 0 Å². The lowest BCUT2D eigenvalue weighted by molar-refractivity contribution is -0.0403. The Labute approximate surface area is 142 Å². The topological polar surface area (TPSA) is 51.9 Å². The molecule has 130 valence electrons. The lowest BCUT2D eigenvalue weighted by Gasteiger charge is -2.29. The summed E-state index contributed by atoms with van der Waals surface area (Å²) in [6.07, 6.45) is 0.0861. The predicted octanol–water partition coefficient (Wildman–Crippen LogP) is 3.29. The van der Waals surface area contributed by atoms with Crippen LogP contribution in [-0.2, 0) is 4.74 Å². The van der Waals surface area contributed by atoms with Crippen LogP contribution in [0.4, 0.5) is 0 Å². The third-order valence-corrected chi connectivity index (χ3v) is 4.43. The summed E-state index contributed by atoms with van der Waals surface area (Å²) >= 11 is 0. The number of likely N-dealkylation sites (N-methyl/N-ethyl adjacent to an activating group) is 1. The highest BCUT2D eigenvalue weighted by atomic mass is 16.5. The summed E-state index contributed by atoms with van der Waals surface area (Å²) < 4.78 is 17.4. The fraction of sp³-hybridized carbons (Fsp3) is 0.526. The second-order valence-corrected chi connectivity index (χ2v) is 6.80. The number of carbonyl (C=O) groups excluding carboxylic acids is 1. The van der Waals surface area contributed by atoms with Gasteiger partial charge in [-0.15, -0.1) is 0 Å². The highest BCUT2D eigenvalue weighted by Gasteiger charge is 2.21. The number of hydrogen-bond donors (Lipinski definition) is 0. The van der Waals surface area contributed by atoms with Crippen molar-refractivity contribution in [2.75, 3.05) is 33.4 Å². The first-order valence-corrected chi connectivity index (χ1v) is 8.46. The van der Waals surface area contributed by atoms with E-state index in [4.69, 9.17) is 13.9 Å². The molecule has 0 aliphatic carbocycles. The summed E-state index contributed by atoms with van der Waals surface area (Å²) in [7, 11) is 2.09. The Balaban J connectivity index is 1.76. The summed E-state index contributed by atoms with van der Waals surface area (Å²) in [5.74, 6) is 1.17. The van der Waals surface area contributed by atoms with Crippen LogP contribution in [0.3, 0.4) is 0 Å². The molecule has 1 aliphatic rings. The van der Waals surface area contributed by atoms with Gasteiger partial charge < -0.3 is 18.8 Å². The second-order valence-electron chi connectivity index (χ2n) is 6.80. The monoisotopic (exact) mass is 331 g/mol. The van der Waals surface area contributed by atoms with E-state index in [0.717, 1.165) is 42.0 Å². The van der Waals surface area contributed by atoms with Crippen molar-refractivity contribution < 1.29 is 18.7 Å². The van der Waals surface area contributed by atoms with Gasteiger partial charge in [-0.05, 0) is 32.2 Å². The Morgan fingerprint density at radius 2 is 2.21 bits per heavy atom. The summed E-state index contributed by atoms with van der Waals surface area (Å²) in [6, 6.07) is 5.68. The van der Waals surface area contributed by atoms with Crippen LogP contribution in [0.2, 0.25) is 0 Å². The number of fused-ring (bicyclic) bond motifs is 1. The molecule has 1 aromatic carbocycles. The summed E-state index contributed by atoms with van der Waals surface area (Å²) in [5, 5.41) is 0.929. The molecule has 3 rings (SSSR count). The Bertz CT molecular complexity index is 734. The first kappa shape index (κ1) is 17.0. The first-order chi connectivity index (χ1) is 11.5. The van der Waals surface area contributed by atoms with Gasteiger partial charge in [-0.1, -0.05) is 13.8 Å². The van der Waals surface area contributed by atoms with Gasteiger partial charge >= 0.3 is 0 Å². The average Bonchev–Trinajstić information content (AvgIpc) is 2.89. The van der Waals surface area contributed by atoms with E-state index in [1.165, 1.54) is 0 Å². The SMILES string of the molecule is Cc1c(C(=O)C(C)C)oc2ccc(OC[C@@H]3CN(C)CCO3)cc12. The van der Waals surface area contributed by atoms with Gasteiger partial charge in [0.2, 0.25) is 5.78 Å². The fourth-order valence-corrected chi connectivity index (χ4v) is 2.94. The quantitative estimate of drug-likeness (QED) is 0.787. The van der Waals surface area contributed by atoms with Crippen LogP contribution in [0.15, 0.2) is 22.6 Å². The minimum absolute atomic E-state index is 0.0322. The molecular formula is C19H25NO4. The Morgan fingerprint density at radius 3 is 2.92 bits per heavy atom. The van der Waals surface area contributed by atoms with Gasteiger partial charge in [-0.25, -0.2) is 0 Å². The largest absolute Gasteiger partial charge is 0.491 e. The highest BCUT2D eigenvalue weighted by molar-refractivity contribution is 6.01. The van der Waals surface area contributed by atoms with Gasteiger partial charge in [0.15, 0.2) is 5.76 Å². The number of ether oxygens (including phenoxy) is 2. The fourth-order valence-electron chi connectivity index (χ4n) is 2.94. The highest BCUT2D eigenvalue weighted by Crippen LogP contribution is 2.30. The van der Waals surface area contributed by atoms with E-state index in [0.29, 0.717) is 12.4 Å². The van der Waals surface area contributed by atoms with E-state index in [2.05, 4.69) is 11.9 Å². The smallest absolute Gasteiger partial charge is 0.200 e. The van der Waals surface area contributed by atoms with E-state index < -0.39 is 0 Å². The molecule has 0 radical (unpaired) electrons. The van der Waals surface area contributed by atoms with Crippen LogP contribution in [0.25, 0.3) is 11.0 Å². The maximum absolute atomic E-state index is 12.2. The minimum Gasteiger partial charge on any atom is -0.491 e. The van der Waals surface area contributed by atoms with Crippen LogP contribution < -0.4 is 4.74 Å². The molecule has 0 amide bonds. The van der Waals surface area contributed by atoms with Crippen molar-refractivity contribution in [3.8, 4) is 5.75 Å². The number of furan rings is 1. The van der Waals surface area contributed by atoms with Crippen molar-refractivity contribution in [3.63, 3.8) is 0 Å². The normalized spacial score (nSPS) is 19.1. The number of aryl methyl sites for hydroxylation is 1. The lowest BCUT2D eigenvalue weighted by Crippen LogP contribution is -2.42. The molecule has 1 aromatic heterocycles. The summed E-state index contributed by atoms with van der Waals surface area (Å²) in [5.41, 5.74) is 1.60. The molecule has 1 aliphatic heterocycles. The molecule has 0 N–H and O–H groups in total. The number of carbonyl (C=O) groups is 1. The number of benzene rings is 1. The zero-order chi connectivity index (χ0) is 17.3. The molecule has 0 saturated carbocycles. The lowest BCUT2D eigenvalue weighted by atomic mass is 10.0. The second kappa shape index (κ2) is 6.95. The minimum atomic E-state index is -0.0829. The molecule has 24 heavy (non-hydrogen) atoms. The van der Waals surface area contributed by atoms with Crippen LogP contribution in [-0.4, -0.2) is 50.1 Å². The van der Waals surface area contributed by atoms with Crippen LogP contribution >= 0.6 is 0 Å². The third kappa shape index (κ3) is 3.47. The predicted molar refractivity (Wildman–Crippen MR) is 92.9 cm³/mol. The van der Waals surface area contributed by atoms with Crippen LogP contribution in [0, 0.1) is 12.8 Å². The van der Waals surface area contributed by atoms with Crippen molar-refractivity contribution in [3.05, 3.63) is 29.5 Å². The first-order valence-electron chi connectivity index (χ1n) is 8.46. The van der Waals surface area contributed by atoms with E-state index in [1.807, 2.05) is 39.0 Å². The third-order valence-electron chi connectivity index (χ3n) is 4.43. The van der Waals surface area contributed by atoms with Gasteiger partial charge in [0.25, 0.3) is 0 Å². The van der Waals surface area contributed by atoms with E-state index in [1.54, 1.807) is 0 Å². The van der Waals surface area contributed by atoms with Gasteiger partial charge in [-0.3, -0.25) is 4.79 Å². The van der Waals surface area contributed by atoms with Crippen LogP contribution in [0.1, 0.15) is 30.0 Å². The molecule has 0 unspecified atom stereocenters. The molecule has 2 aromatic rings. The molecule has 0 bridgehead atoms. The molecule has 0 spiro atoms. The standard InChI is InChI=1S/C19H25NO4/c1-12(2)18(21)19-13(3)16-9-14(5-6-17(16)24-19)23-11-15-10-20(4)7-8-22-15/h5-6,9,12,15H,7-8,10-11H2,1-4H3/t15-/m0/s1. The zero-order valence-electron chi connectivity index (χ0n) is 14.8. The number of nitrogens with zero attached hydrogens (tertiary/aromatic N) is 1. The maximum atomic E-state index is 12.2. The molecule has 1 atom stereocenters. The number of rotatable bonds is 5. The van der Waals surface area contributed by atoms with E-state index in [-0.39, 0.29) is 17.8 Å². The van der Waals surface area contributed by atoms with Crippen molar-refractivity contribution in [1.82, 2.24) is 4.90 Å². The molecule has 1 saturated heterocycles. The summed E-state index contributed by atoms with van der Waals surface area (Å²) in [4.78, 5) is 14.5. The average molecular weight is 331 g/mol. The van der Waals surface area contributed by atoms with Crippen molar-refractivity contribution in [1.29, 1.82) is 0 Å².